The first-order valence-electron chi connectivity index (χ1n) is 8.24. The predicted molar refractivity (Wildman–Crippen MR) is 93.2 cm³/mol. The van der Waals surface area contributed by atoms with Crippen molar-refractivity contribution in [3.8, 4) is 0 Å². The molecule has 122 valence electrons. The second-order valence-electron chi connectivity index (χ2n) is 6.07. The average Bonchev–Trinajstić information content (AvgIpc) is 3.21. The summed E-state index contributed by atoms with van der Waals surface area (Å²) in [7, 11) is 0. The van der Waals surface area contributed by atoms with Crippen LogP contribution < -0.4 is 21.7 Å². The van der Waals surface area contributed by atoms with Crippen molar-refractivity contribution in [1.29, 1.82) is 0 Å². The van der Waals surface area contributed by atoms with Crippen LogP contribution >= 0.6 is 11.3 Å². The molecule has 0 radical (unpaired) electrons. The normalized spacial score (nSPS) is 21.9. The molecule has 1 saturated heterocycles. The van der Waals surface area contributed by atoms with Gasteiger partial charge in [0.15, 0.2) is 0 Å². The first-order valence-corrected chi connectivity index (χ1v) is 9.06. The maximum atomic E-state index is 12.5. The fourth-order valence-electron chi connectivity index (χ4n) is 3.32. The van der Waals surface area contributed by atoms with E-state index in [0.717, 1.165) is 46.8 Å². The molecule has 23 heavy (non-hydrogen) atoms. The van der Waals surface area contributed by atoms with Crippen LogP contribution in [-0.2, 0) is 0 Å². The van der Waals surface area contributed by atoms with E-state index in [-0.39, 0.29) is 11.6 Å². The Kier molecular flexibility index (Phi) is 3.92. The molecular weight excluding hydrogens is 310 g/mol. The van der Waals surface area contributed by atoms with E-state index in [1.54, 1.807) is 0 Å². The fraction of sp³-hybridized carbons (Fsp3) is 0.500. The Bertz CT molecular complexity index is 815. The highest BCUT2D eigenvalue weighted by Crippen LogP contribution is 2.31. The first kappa shape index (κ1) is 14.9. The van der Waals surface area contributed by atoms with Gasteiger partial charge < -0.3 is 15.7 Å². The number of hydrogen-bond donors (Lipinski definition) is 4. The molecule has 0 amide bonds. The van der Waals surface area contributed by atoms with E-state index in [1.165, 1.54) is 35.4 Å². The van der Waals surface area contributed by atoms with Crippen molar-refractivity contribution in [2.24, 2.45) is 0 Å². The summed E-state index contributed by atoms with van der Waals surface area (Å²) in [5.74, 6) is 0.777. The van der Waals surface area contributed by atoms with Gasteiger partial charge in [-0.1, -0.05) is 13.3 Å². The van der Waals surface area contributed by atoms with Crippen LogP contribution in [0.4, 0.5) is 0 Å². The predicted octanol–water partition coefficient (Wildman–Crippen LogP) is 2.03. The van der Waals surface area contributed by atoms with Crippen LogP contribution in [0.3, 0.4) is 0 Å². The van der Waals surface area contributed by atoms with Gasteiger partial charge in [-0.2, -0.15) is 0 Å². The SMILES string of the molecule is CCC1=C(c2cc3nc([C@@H]4CCCCN4)[nH]c(=O)c3s2)CNN1. The summed E-state index contributed by atoms with van der Waals surface area (Å²) in [5.41, 5.74) is 9.59. The van der Waals surface area contributed by atoms with E-state index in [1.807, 2.05) is 0 Å². The second kappa shape index (κ2) is 6.07. The molecule has 0 spiro atoms. The summed E-state index contributed by atoms with van der Waals surface area (Å²) >= 11 is 1.53. The largest absolute Gasteiger partial charge is 0.325 e. The molecule has 0 unspecified atom stereocenters. The Hall–Kier alpha value is -1.70. The molecular formula is C16H21N5OS. The molecule has 4 N–H and O–H groups in total. The van der Waals surface area contributed by atoms with Crippen molar-refractivity contribution in [3.05, 3.63) is 32.8 Å². The lowest BCUT2D eigenvalue weighted by atomic mass is 10.0. The molecule has 6 nitrogen and oxygen atoms in total. The standard InChI is InChI=1S/C16H21N5OS/c1-2-10-9(8-18-21-10)13-7-12-14(23-13)16(22)20-15(19-12)11-5-3-4-6-17-11/h7,11,17-18,21H,2-6,8H2,1H3,(H,19,20,22)/t11-/m0/s1. The molecule has 1 atom stereocenters. The van der Waals surface area contributed by atoms with E-state index < -0.39 is 0 Å². The Labute approximate surface area is 138 Å². The van der Waals surface area contributed by atoms with Crippen molar-refractivity contribution in [3.63, 3.8) is 0 Å². The van der Waals surface area contributed by atoms with E-state index in [2.05, 4.69) is 34.1 Å². The molecule has 2 aliphatic rings. The molecule has 7 heteroatoms. The van der Waals surface area contributed by atoms with Gasteiger partial charge in [0.2, 0.25) is 0 Å². The Morgan fingerprint density at radius 2 is 2.30 bits per heavy atom. The highest BCUT2D eigenvalue weighted by Gasteiger charge is 2.21. The highest BCUT2D eigenvalue weighted by atomic mass is 32.1. The van der Waals surface area contributed by atoms with Gasteiger partial charge in [0, 0.05) is 22.7 Å². The number of rotatable bonds is 3. The van der Waals surface area contributed by atoms with Gasteiger partial charge in [0.1, 0.15) is 10.5 Å². The van der Waals surface area contributed by atoms with Crippen molar-refractivity contribution in [2.45, 2.75) is 38.6 Å². The van der Waals surface area contributed by atoms with Gasteiger partial charge in [0.25, 0.3) is 5.56 Å². The lowest BCUT2D eigenvalue weighted by Gasteiger charge is -2.22. The van der Waals surface area contributed by atoms with Crippen LogP contribution in [0.5, 0.6) is 0 Å². The molecule has 0 saturated carbocycles. The zero-order valence-electron chi connectivity index (χ0n) is 13.2. The number of hydrazine groups is 1. The third kappa shape index (κ3) is 2.69. The van der Waals surface area contributed by atoms with Gasteiger partial charge in [-0.15, -0.1) is 11.3 Å². The minimum atomic E-state index is -0.0220. The Morgan fingerprint density at radius 3 is 3.09 bits per heavy atom. The lowest BCUT2D eigenvalue weighted by Crippen LogP contribution is -2.29. The summed E-state index contributed by atoms with van der Waals surface area (Å²) in [6, 6.07) is 2.23. The lowest BCUT2D eigenvalue weighted by molar-refractivity contribution is 0.397. The maximum Gasteiger partial charge on any atom is 0.268 e. The fourth-order valence-corrected chi connectivity index (χ4v) is 4.38. The number of aromatic nitrogens is 2. The summed E-state index contributed by atoms with van der Waals surface area (Å²) in [5, 5.41) is 3.45. The number of aromatic amines is 1. The highest BCUT2D eigenvalue weighted by molar-refractivity contribution is 7.19. The summed E-state index contributed by atoms with van der Waals surface area (Å²) in [6.45, 7) is 3.90. The number of thiophene rings is 1. The van der Waals surface area contributed by atoms with Crippen LogP contribution in [0.15, 0.2) is 16.6 Å². The molecule has 1 fully saturated rings. The second-order valence-corrected chi connectivity index (χ2v) is 7.12. The third-order valence-electron chi connectivity index (χ3n) is 4.56. The number of allylic oxidation sites excluding steroid dienone is 1. The van der Waals surface area contributed by atoms with E-state index >= 15 is 0 Å². The van der Waals surface area contributed by atoms with Crippen LogP contribution in [0.1, 0.15) is 49.4 Å². The zero-order chi connectivity index (χ0) is 15.8. The Balaban J connectivity index is 1.77. The quantitative estimate of drug-likeness (QED) is 0.692. The van der Waals surface area contributed by atoms with Crippen LogP contribution in [-0.4, -0.2) is 23.1 Å². The van der Waals surface area contributed by atoms with Gasteiger partial charge >= 0.3 is 0 Å². The first-order chi connectivity index (χ1) is 11.3. The minimum absolute atomic E-state index is 0.0220. The molecule has 4 rings (SSSR count). The number of nitrogens with zero attached hydrogens (tertiary/aromatic N) is 1. The molecule has 0 aromatic carbocycles. The van der Waals surface area contributed by atoms with E-state index in [4.69, 9.17) is 4.98 Å². The zero-order valence-corrected chi connectivity index (χ0v) is 14.0. The van der Waals surface area contributed by atoms with Crippen LogP contribution in [0.2, 0.25) is 0 Å². The number of nitrogens with one attached hydrogen (secondary N) is 4. The van der Waals surface area contributed by atoms with Crippen molar-refractivity contribution in [1.82, 2.24) is 26.1 Å². The van der Waals surface area contributed by atoms with Gasteiger partial charge in [-0.3, -0.25) is 4.79 Å². The molecule has 4 heterocycles. The minimum Gasteiger partial charge on any atom is -0.325 e. The molecule has 2 aliphatic heterocycles. The molecule has 0 bridgehead atoms. The van der Waals surface area contributed by atoms with Crippen molar-refractivity contribution in [2.75, 3.05) is 13.1 Å². The van der Waals surface area contributed by atoms with Crippen molar-refractivity contribution >= 4 is 27.1 Å². The number of piperidine rings is 1. The summed E-state index contributed by atoms with van der Waals surface area (Å²) < 4.78 is 0.717. The summed E-state index contributed by atoms with van der Waals surface area (Å²) in [4.78, 5) is 21.3. The molecule has 2 aromatic rings. The number of H-pyrrole nitrogens is 1. The van der Waals surface area contributed by atoms with Crippen LogP contribution in [0, 0.1) is 0 Å². The third-order valence-corrected chi connectivity index (χ3v) is 5.74. The van der Waals surface area contributed by atoms with Crippen molar-refractivity contribution < 1.29 is 0 Å². The maximum absolute atomic E-state index is 12.5. The average molecular weight is 331 g/mol. The molecule has 2 aromatic heterocycles. The topological polar surface area (TPSA) is 81.8 Å². The van der Waals surface area contributed by atoms with E-state index in [9.17, 15) is 4.79 Å². The van der Waals surface area contributed by atoms with Gasteiger partial charge in [-0.05, 0) is 31.9 Å². The summed E-state index contributed by atoms with van der Waals surface area (Å²) in [6.07, 6.45) is 4.35. The van der Waals surface area contributed by atoms with Gasteiger partial charge in [0.05, 0.1) is 11.6 Å². The number of hydrogen-bond acceptors (Lipinski definition) is 6. The van der Waals surface area contributed by atoms with Crippen LogP contribution in [0.25, 0.3) is 15.8 Å². The number of fused-ring (bicyclic) bond motifs is 1. The smallest absolute Gasteiger partial charge is 0.268 e. The van der Waals surface area contributed by atoms with Gasteiger partial charge in [-0.25, -0.2) is 10.4 Å². The monoisotopic (exact) mass is 331 g/mol. The molecule has 0 aliphatic carbocycles. The Morgan fingerprint density at radius 1 is 1.39 bits per heavy atom. The van der Waals surface area contributed by atoms with E-state index in [0.29, 0.717) is 0 Å².